The van der Waals surface area contributed by atoms with Gasteiger partial charge in [-0.15, -0.1) is 13.2 Å². The third-order valence-electron chi connectivity index (χ3n) is 6.99. The lowest BCUT2D eigenvalue weighted by molar-refractivity contribution is -0.275. The molecule has 1 spiro atoms. The minimum atomic E-state index is -5.01. The van der Waals surface area contributed by atoms with E-state index in [1.54, 1.807) is 7.11 Å². The Hall–Kier alpha value is -2.89. The summed E-state index contributed by atoms with van der Waals surface area (Å²) in [6.45, 7) is 1.51. The number of alkyl halides is 3. The van der Waals surface area contributed by atoms with Crippen molar-refractivity contribution in [3.63, 3.8) is 0 Å². The monoisotopic (exact) mass is 538 g/mol. The number of hydrogen-bond donors (Lipinski definition) is 0. The molecule has 37 heavy (non-hydrogen) atoms. The van der Waals surface area contributed by atoms with Crippen molar-refractivity contribution >= 4 is 27.6 Å². The van der Waals surface area contributed by atoms with E-state index in [4.69, 9.17) is 4.74 Å². The average molecular weight is 539 g/mol. The van der Waals surface area contributed by atoms with Gasteiger partial charge in [0, 0.05) is 37.8 Å². The molecule has 0 bridgehead atoms. The summed E-state index contributed by atoms with van der Waals surface area (Å²) in [6.07, 6.45) is 0.0909. The maximum absolute atomic E-state index is 13.3. The Labute approximate surface area is 214 Å². The van der Waals surface area contributed by atoms with Crippen LogP contribution in [0.1, 0.15) is 24.8 Å². The van der Waals surface area contributed by atoms with E-state index >= 15 is 0 Å². The summed E-state index contributed by atoms with van der Waals surface area (Å²) in [4.78, 5) is 14.7. The first-order valence-electron chi connectivity index (χ1n) is 11.9. The summed E-state index contributed by atoms with van der Waals surface area (Å²) in [5.74, 6) is -0.708. The Bertz CT molecular complexity index is 1240. The van der Waals surface area contributed by atoms with Crippen LogP contribution in [0.5, 0.6) is 5.75 Å². The number of anilines is 1. The minimum Gasteiger partial charge on any atom is -0.404 e. The Morgan fingerprint density at radius 1 is 1.00 bits per heavy atom. The number of Topliss-reactive ketones (excluding diaryl/α,β-unsaturated/α-hetero) is 1. The molecule has 0 radical (unpaired) electrons. The van der Waals surface area contributed by atoms with Crippen molar-refractivity contribution in [1.82, 2.24) is 4.31 Å². The Morgan fingerprint density at radius 2 is 1.65 bits per heavy atom. The number of halogens is 3. The van der Waals surface area contributed by atoms with Gasteiger partial charge in [-0.2, -0.15) is 4.31 Å². The lowest BCUT2D eigenvalue weighted by atomic mass is 9.70. The van der Waals surface area contributed by atoms with Crippen molar-refractivity contribution in [2.45, 2.75) is 30.5 Å². The van der Waals surface area contributed by atoms with Crippen LogP contribution in [-0.4, -0.2) is 64.8 Å². The molecule has 2 aromatic rings. The zero-order chi connectivity index (χ0) is 26.7. The third-order valence-corrected chi connectivity index (χ3v) is 8.93. The highest BCUT2D eigenvalue weighted by molar-refractivity contribution is 7.89. The zero-order valence-corrected chi connectivity index (χ0v) is 21.2. The smallest absolute Gasteiger partial charge is 0.404 e. The first-order chi connectivity index (χ1) is 17.5. The number of sulfonamides is 1. The lowest BCUT2D eigenvalue weighted by Crippen LogP contribution is -2.53. The number of ether oxygens (including phenoxy) is 2. The van der Waals surface area contributed by atoms with E-state index in [9.17, 15) is 26.4 Å². The Morgan fingerprint density at radius 3 is 2.27 bits per heavy atom. The average Bonchev–Trinajstić information content (AvgIpc) is 2.86. The van der Waals surface area contributed by atoms with Gasteiger partial charge in [0.25, 0.3) is 0 Å². The van der Waals surface area contributed by atoms with Crippen LogP contribution in [0.2, 0.25) is 0 Å². The summed E-state index contributed by atoms with van der Waals surface area (Å²) in [7, 11) is -2.60. The fourth-order valence-electron chi connectivity index (χ4n) is 4.90. The Balaban J connectivity index is 1.40. The van der Waals surface area contributed by atoms with Gasteiger partial charge in [0.2, 0.25) is 10.0 Å². The number of ketones is 1. The number of benzene rings is 2. The van der Waals surface area contributed by atoms with Gasteiger partial charge in [0.1, 0.15) is 10.6 Å². The van der Waals surface area contributed by atoms with Crippen LogP contribution in [-0.2, 0) is 19.6 Å². The van der Waals surface area contributed by atoms with Gasteiger partial charge < -0.3 is 14.4 Å². The summed E-state index contributed by atoms with van der Waals surface area (Å²) in [5.41, 5.74) is 1.33. The standard InChI is InChI=1S/C26H29F3N2O5S/c1-35-18-4-5-20-8-10-21(11-9-20)30-15-12-25(24(32)19-30)13-16-31(17-14-25)37(33,34)23-7-3-2-6-22(23)36-26(27,28)29/h2-11H,12-19H2,1H3. The fraction of sp³-hybridized carbons (Fsp3) is 0.423. The van der Waals surface area contributed by atoms with Crippen molar-refractivity contribution in [1.29, 1.82) is 0 Å². The molecule has 2 saturated heterocycles. The molecule has 0 unspecified atom stereocenters. The number of carbonyl (C=O) groups excluding carboxylic acids is 1. The quantitative estimate of drug-likeness (QED) is 0.517. The van der Waals surface area contributed by atoms with E-state index in [0.29, 0.717) is 32.4 Å². The predicted molar refractivity (Wildman–Crippen MR) is 133 cm³/mol. The van der Waals surface area contributed by atoms with Gasteiger partial charge in [-0.25, -0.2) is 8.42 Å². The van der Waals surface area contributed by atoms with Crippen molar-refractivity contribution in [2.24, 2.45) is 5.41 Å². The normalized spacial score (nSPS) is 19.0. The molecule has 2 aliphatic heterocycles. The molecule has 0 aromatic heterocycles. The molecule has 11 heteroatoms. The maximum Gasteiger partial charge on any atom is 0.573 e. The molecule has 2 aromatic carbocycles. The van der Waals surface area contributed by atoms with Crippen molar-refractivity contribution in [3.8, 4) is 5.75 Å². The minimum absolute atomic E-state index is 0.0525. The molecule has 4 rings (SSSR count). The Kier molecular flexibility index (Phi) is 7.96. The second-order valence-electron chi connectivity index (χ2n) is 9.22. The van der Waals surface area contributed by atoms with E-state index in [-0.39, 0.29) is 25.4 Å². The lowest BCUT2D eigenvalue weighted by Gasteiger charge is -2.45. The van der Waals surface area contributed by atoms with E-state index in [2.05, 4.69) is 4.74 Å². The molecule has 0 amide bonds. The highest BCUT2D eigenvalue weighted by Crippen LogP contribution is 2.42. The van der Waals surface area contributed by atoms with Crippen LogP contribution in [0.25, 0.3) is 6.08 Å². The molecule has 0 aliphatic carbocycles. The van der Waals surface area contributed by atoms with Gasteiger partial charge in [0.05, 0.1) is 13.2 Å². The molecule has 2 fully saturated rings. The number of carbonyl (C=O) groups is 1. The van der Waals surface area contributed by atoms with E-state index < -0.39 is 32.4 Å². The van der Waals surface area contributed by atoms with Gasteiger partial charge in [-0.05, 0) is 49.1 Å². The topological polar surface area (TPSA) is 76.2 Å². The highest BCUT2D eigenvalue weighted by atomic mass is 32.2. The van der Waals surface area contributed by atoms with Crippen LogP contribution in [0.4, 0.5) is 18.9 Å². The molecular weight excluding hydrogens is 509 g/mol. The van der Waals surface area contributed by atoms with Gasteiger partial charge in [0.15, 0.2) is 5.78 Å². The maximum atomic E-state index is 13.3. The van der Waals surface area contributed by atoms with E-state index in [1.165, 1.54) is 12.1 Å². The van der Waals surface area contributed by atoms with E-state index in [0.717, 1.165) is 27.7 Å². The highest BCUT2D eigenvalue weighted by Gasteiger charge is 2.46. The second kappa shape index (κ2) is 10.8. The van der Waals surface area contributed by atoms with Crippen LogP contribution in [0.3, 0.4) is 0 Å². The number of hydrogen-bond acceptors (Lipinski definition) is 6. The summed E-state index contributed by atoms with van der Waals surface area (Å²) < 4.78 is 74.8. The molecule has 0 saturated carbocycles. The summed E-state index contributed by atoms with van der Waals surface area (Å²) in [5, 5.41) is 0. The number of para-hydroxylation sites is 1. The van der Waals surface area contributed by atoms with Crippen molar-refractivity contribution in [2.75, 3.05) is 44.8 Å². The summed E-state index contributed by atoms with van der Waals surface area (Å²) >= 11 is 0. The van der Waals surface area contributed by atoms with Crippen molar-refractivity contribution in [3.05, 3.63) is 60.2 Å². The van der Waals surface area contributed by atoms with Gasteiger partial charge >= 0.3 is 6.36 Å². The van der Waals surface area contributed by atoms with Crippen molar-refractivity contribution < 1.29 is 35.9 Å². The number of rotatable bonds is 7. The summed E-state index contributed by atoms with van der Waals surface area (Å²) in [6, 6.07) is 12.6. The molecule has 0 N–H and O–H groups in total. The van der Waals surface area contributed by atoms with Crippen LogP contribution in [0, 0.1) is 5.41 Å². The molecule has 7 nitrogen and oxygen atoms in total. The first-order valence-corrected chi connectivity index (χ1v) is 13.4. The molecule has 0 atom stereocenters. The number of nitrogens with zero attached hydrogens (tertiary/aromatic N) is 2. The first kappa shape index (κ1) is 27.2. The molecule has 2 aliphatic rings. The van der Waals surface area contributed by atoms with Crippen LogP contribution >= 0.6 is 0 Å². The second-order valence-corrected chi connectivity index (χ2v) is 11.1. The van der Waals surface area contributed by atoms with Gasteiger partial charge in [-0.3, -0.25) is 4.79 Å². The molecular formula is C26H29F3N2O5S. The fourth-order valence-corrected chi connectivity index (χ4v) is 6.46. The number of methoxy groups -OCH3 is 1. The molecule has 200 valence electrons. The van der Waals surface area contributed by atoms with Gasteiger partial charge in [-0.1, -0.05) is 36.4 Å². The number of piperidine rings is 2. The SMILES string of the molecule is COCC=Cc1ccc(N2CCC3(CCN(S(=O)(=O)c4ccccc4OC(F)(F)F)CC3)C(=O)C2)cc1. The van der Waals surface area contributed by atoms with Crippen LogP contribution < -0.4 is 9.64 Å². The third kappa shape index (κ3) is 6.16. The van der Waals surface area contributed by atoms with E-state index in [1.807, 2.05) is 41.3 Å². The van der Waals surface area contributed by atoms with Crippen LogP contribution in [0.15, 0.2) is 59.5 Å². The predicted octanol–water partition coefficient (Wildman–Crippen LogP) is 4.50. The molecule has 2 heterocycles. The largest absolute Gasteiger partial charge is 0.573 e. The zero-order valence-electron chi connectivity index (χ0n) is 20.4.